The number of para-hydroxylation sites is 2. The van der Waals surface area contributed by atoms with Gasteiger partial charge >= 0.3 is 0 Å². The van der Waals surface area contributed by atoms with Gasteiger partial charge in [0.05, 0.1) is 18.5 Å². The Hall–Kier alpha value is -3.86. The van der Waals surface area contributed by atoms with Crippen LogP contribution in [0.15, 0.2) is 91.0 Å². The summed E-state index contributed by atoms with van der Waals surface area (Å²) in [5.41, 5.74) is 3.87. The molecular weight excluding hydrogens is 360 g/mol. The first kappa shape index (κ1) is 18.5. The van der Waals surface area contributed by atoms with E-state index >= 15 is 0 Å². The van der Waals surface area contributed by atoms with E-state index in [-0.39, 0.29) is 0 Å². The Morgan fingerprint density at radius 1 is 0.793 bits per heavy atom. The summed E-state index contributed by atoms with van der Waals surface area (Å²) >= 11 is 0. The molecule has 4 aromatic rings. The average Bonchev–Trinajstić information content (AvgIpc) is 2.79. The van der Waals surface area contributed by atoms with Crippen LogP contribution in [0.4, 0.5) is 17.5 Å². The van der Waals surface area contributed by atoms with Gasteiger partial charge in [-0.3, -0.25) is 0 Å². The van der Waals surface area contributed by atoms with Crippen molar-refractivity contribution in [2.75, 3.05) is 17.7 Å². The van der Waals surface area contributed by atoms with E-state index < -0.39 is 0 Å². The molecule has 4 rings (SSSR count). The van der Waals surface area contributed by atoms with Gasteiger partial charge in [0, 0.05) is 18.2 Å². The molecule has 144 valence electrons. The molecule has 5 nitrogen and oxygen atoms in total. The third-order valence-electron chi connectivity index (χ3n) is 4.47. The molecule has 3 aromatic carbocycles. The highest BCUT2D eigenvalue weighted by Crippen LogP contribution is 2.28. The lowest BCUT2D eigenvalue weighted by Gasteiger charge is -2.13. The van der Waals surface area contributed by atoms with E-state index in [2.05, 4.69) is 27.8 Å². The summed E-state index contributed by atoms with van der Waals surface area (Å²) in [6.07, 6.45) is 0. The molecule has 0 aliphatic carbocycles. The van der Waals surface area contributed by atoms with Gasteiger partial charge in [0.15, 0.2) is 0 Å². The zero-order valence-corrected chi connectivity index (χ0v) is 16.2. The van der Waals surface area contributed by atoms with Gasteiger partial charge in [0.1, 0.15) is 11.6 Å². The SMILES string of the molecule is COc1ccccc1Nc1nc(NCc2ccccc2)cc(-c2ccccc2)n1. The van der Waals surface area contributed by atoms with Gasteiger partial charge in [0.2, 0.25) is 5.95 Å². The lowest BCUT2D eigenvalue weighted by Crippen LogP contribution is -2.06. The predicted octanol–water partition coefficient (Wildman–Crippen LogP) is 5.51. The van der Waals surface area contributed by atoms with E-state index in [0.717, 1.165) is 28.5 Å². The molecule has 5 heteroatoms. The molecule has 1 aromatic heterocycles. The summed E-state index contributed by atoms with van der Waals surface area (Å²) in [7, 11) is 1.65. The van der Waals surface area contributed by atoms with Gasteiger partial charge < -0.3 is 15.4 Å². The summed E-state index contributed by atoms with van der Waals surface area (Å²) in [6.45, 7) is 0.681. The number of hydrogen-bond acceptors (Lipinski definition) is 5. The lowest BCUT2D eigenvalue weighted by atomic mass is 10.1. The van der Waals surface area contributed by atoms with Gasteiger partial charge in [-0.2, -0.15) is 4.98 Å². The van der Waals surface area contributed by atoms with E-state index in [1.807, 2.05) is 78.9 Å². The van der Waals surface area contributed by atoms with Crippen molar-refractivity contribution >= 4 is 17.5 Å². The van der Waals surface area contributed by atoms with Crippen molar-refractivity contribution in [3.63, 3.8) is 0 Å². The molecule has 2 N–H and O–H groups in total. The lowest BCUT2D eigenvalue weighted by molar-refractivity contribution is 0.417. The highest BCUT2D eigenvalue weighted by molar-refractivity contribution is 5.68. The minimum absolute atomic E-state index is 0.506. The fourth-order valence-corrected chi connectivity index (χ4v) is 3.01. The van der Waals surface area contributed by atoms with E-state index in [1.165, 1.54) is 5.56 Å². The summed E-state index contributed by atoms with van der Waals surface area (Å²) in [5.74, 6) is 1.99. The topological polar surface area (TPSA) is 59.1 Å². The van der Waals surface area contributed by atoms with Crippen molar-refractivity contribution in [1.29, 1.82) is 0 Å². The number of hydrogen-bond donors (Lipinski definition) is 2. The van der Waals surface area contributed by atoms with Gasteiger partial charge in [-0.1, -0.05) is 72.8 Å². The first-order valence-corrected chi connectivity index (χ1v) is 9.44. The number of ether oxygens (including phenoxy) is 1. The summed E-state index contributed by atoms with van der Waals surface area (Å²) < 4.78 is 5.43. The van der Waals surface area contributed by atoms with Gasteiger partial charge in [-0.05, 0) is 17.7 Å². The number of nitrogens with one attached hydrogen (secondary N) is 2. The number of nitrogens with zero attached hydrogens (tertiary/aromatic N) is 2. The first-order valence-electron chi connectivity index (χ1n) is 9.44. The monoisotopic (exact) mass is 382 g/mol. The van der Waals surface area contributed by atoms with Crippen LogP contribution in [0.1, 0.15) is 5.56 Å². The minimum atomic E-state index is 0.506. The van der Waals surface area contributed by atoms with Crippen LogP contribution < -0.4 is 15.4 Å². The van der Waals surface area contributed by atoms with Crippen LogP contribution in [0.2, 0.25) is 0 Å². The summed E-state index contributed by atoms with van der Waals surface area (Å²) in [5, 5.41) is 6.69. The third kappa shape index (κ3) is 4.71. The van der Waals surface area contributed by atoms with Crippen LogP contribution in [0.25, 0.3) is 11.3 Å². The van der Waals surface area contributed by atoms with Crippen molar-refractivity contribution in [2.24, 2.45) is 0 Å². The number of aromatic nitrogens is 2. The highest BCUT2D eigenvalue weighted by atomic mass is 16.5. The Labute approximate surface area is 170 Å². The Morgan fingerprint density at radius 3 is 2.24 bits per heavy atom. The zero-order chi connectivity index (χ0) is 19.9. The van der Waals surface area contributed by atoms with Crippen molar-refractivity contribution in [2.45, 2.75) is 6.54 Å². The molecule has 1 heterocycles. The molecule has 0 aliphatic heterocycles. The van der Waals surface area contributed by atoms with Crippen molar-refractivity contribution in [1.82, 2.24) is 9.97 Å². The van der Waals surface area contributed by atoms with E-state index in [4.69, 9.17) is 9.72 Å². The second-order valence-electron chi connectivity index (χ2n) is 6.49. The maximum absolute atomic E-state index is 5.43. The number of benzene rings is 3. The fraction of sp³-hybridized carbons (Fsp3) is 0.0833. The van der Waals surface area contributed by atoms with Crippen LogP contribution >= 0.6 is 0 Å². The van der Waals surface area contributed by atoms with Crippen LogP contribution in [0.3, 0.4) is 0 Å². The largest absolute Gasteiger partial charge is 0.495 e. The second-order valence-corrected chi connectivity index (χ2v) is 6.49. The van der Waals surface area contributed by atoms with Crippen LogP contribution in [0.5, 0.6) is 5.75 Å². The molecule has 0 saturated heterocycles. The maximum atomic E-state index is 5.43. The van der Waals surface area contributed by atoms with Crippen molar-refractivity contribution in [3.05, 3.63) is 96.6 Å². The molecule has 0 amide bonds. The molecule has 0 spiro atoms. The third-order valence-corrected chi connectivity index (χ3v) is 4.47. The van der Waals surface area contributed by atoms with Crippen molar-refractivity contribution < 1.29 is 4.74 Å². The molecular formula is C24H22N4O. The number of anilines is 3. The highest BCUT2D eigenvalue weighted by Gasteiger charge is 2.09. The standard InChI is InChI=1S/C24H22N4O/c1-29-22-15-9-8-14-20(22)26-24-27-21(19-12-6-3-7-13-19)16-23(28-24)25-17-18-10-4-2-5-11-18/h2-16H,17H2,1H3,(H2,25,26,27,28). The van der Waals surface area contributed by atoms with Crippen LogP contribution in [0, 0.1) is 0 Å². The molecule has 0 saturated carbocycles. The first-order chi connectivity index (χ1) is 14.3. The van der Waals surface area contributed by atoms with Crippen LogP contribution in [-0.2, 0) is 6.54 Å². The van der Waals surface area contributed by atoms with Crippen molar-refractivity contribution in [3.8, 4) is 17.0 Å². The quantitative estimate of drug-likeness (QED) is 0.441. The Balaban J connectivity index is 1.66. The predicted molar refractivity (Wildman–Crippen MR) is 118 cm³/mol. The summed E-state index contributed by atoms with van der Waals surface area (Å²) in [6, 6.07) is 30.0. The average molecular weight is 382 g/mol. The van der Waals surface area contributed by atoms with Crippen LogP contribution in [-0.4, -0.2) is 17.1 Å². The fourth-order valence-electron chi connectivity index (χ4n) is 3.01. The van der Waals surface area contributed by atoms with E-state index in [1.54, 1.807) is 7.11 Å². The molecule has 0 unspecified atom stereocenters. The molecule has 0 bridgehead atoms. The zero-order valence-electron chi connectivity index (χ0n) is 16.2. The second kappa shape index (κ2) is 8.89. The molecule has 0 radical (unpaired) electrons. The smallest absolute Gasteiger partial charge is 0.229 e. The molecule has 29 heavy (non-hydrogen) atoms. The number of rotatable bonds is 7. The Morgan fingerprint density at radius 2 is 1.48 bits per heavy atom. The van der Waals surface area contributed by atoms with Gasteiger partial charge in [0.25, 0.3) is 0 Å². The number of methoxy groups -OCH3 is 1. The maximum Gasteiger partial charge on any atom is 0.229 e. The Bertz CT molecular complexity index is 1070. The van der Waals surface area contributed by atoms with Gasteiger partial charge in [-0.25, -0.2) is 4.98 Å². The molecule has 0 fully saturated rings. The minimum Gasteiger partial charge on any atom is -0.495 e. The van der Waals surface area contributed by atoms with Gasteiger partial charge in [-0.15, -0.1) is 0 Å². The summed E-state index contributed by atoms with van der Waals surface area (Å²) in [4.78, 5) is 9.37. The molecule has 0 atom stereocenters. The van der Waals surface area contributed by atoms with E-state index in [9.17, 15) is 0 Å². The Kier molecular flexibility index (Phi) is 5.67. The normalized spacial score (nSPS) is 10.4. The van der Waals surface area contributed by atoms with E-state index in [0.29, 0.717) is 12.5 Å². The molecule has 0 aliphatic rings.